The molecular weight excluding hydrogens is 721 g/mol. The molecular formula is C56H94O3. The van der Waals surface area contributed by atoms with Gasteiger partial charge < -0.3 is 14.2 Å². The number of aryl methyl sites for hydroxylation is 2. The summed E-state index contributed by atoms with van der Waals surface area (Å²) >= 11 is 0. The van der Waals surface area contributed by atoms with Crippen LogP contribution in [0.4, 0.5) is 0 Å². The molecule has 4 unspecified atom stereocenters. The van der Waals surface area contributed by atoms with E-state index in [0.29, 0.717) is 0 Å². The third kappa shape index (κ3) is 15.6. The Morgan fingerprint density at radius 2 is 0.763 bits per heavy atom. The first kappa shape index (κ1) is 49.5. The summed E-state index contributed by atoms with van der Waals surface area (Å²) < 4.78 is 20.7. The zero-order chi connectivity index (χ0) is 43.3. The molecule has 0 saturated heterocycles. The Morgan fingerprint density at radius 1 is 0.458 bits per heavy atom. The molecule has 2 aromatic carbocycles. The lowest BCUT2D eigenvalue weighted by Gasteiger charge is -2.38. The van der Waals surface area contributed by atoms with E-state index in [1.54, 1.807) is 0 Å². The molecule has 0 aliphatic carbocycles. The monoisotopic (exact) mass is 815 g/mol. The molecule has 6 atom stereocenters. The van der Waals surface area contributed by atoms with Crippen molar-refractivity contribution in [2.24, 2.45) is 35.5 Å². The van der Waals surface area contributed by atoms with Gasteiger partial charge in [0.2, 0.25) is 0 Å². The molecule has 3 nitrogen and oxygen atoms in total. The van der Waals surface area contributed by atoms with Gasteiger partial charge in [-0.3, -0.25) is 0 Å². The van der Waals surface area contributed by atoms with Crippen molar-refractivity contribution >= 4 is 0 Å². The van der Waals surface area contributed by atoms with Crippen LogP contribution in [0.5, 0.6) is 23.0 Å². The van der Waals surface area contributed by atoms with E-state index >= 15 is 0 Å². The SMILES string of the molecule is Cc1c(Oc2cc3c(c(C)c2C)O[C@](C)(CCCC(C)CCCC(C)CCCC(C)C)CC3)cc2c(c1C)O[C@](C)(CCCC(C)CCCC(C)CCCC(C)C)CC2. The third-order valence-electron chi connectivity index (χ3n) is 15.1. The minimum absolute atomic E-state index is 0.0959. The van der Waals surface area contributed by atoms with Crippen molar-refractivity contribution in [1.29, 1.82) is 0 Å². The first-order valence-corrected chi connectivity index (χ1v) is 25.2. The lowest BCUT2D eigenvalue weighted by Crippen LogP contribution is -2.37. The fraction of sp³-hybridized carbons (Fsp3) is 0.786. The maximum absolute atomic E-state index is 6.93. The molecule has 3 heteroatoms. The molecule has 336 valence electrons. The topological polar surface area (TPSA) is 27.7 Å². The van der Waals surface area contributed by atoms with Gasteiger partial charge >= 0.3 is 0 Å². The van der Waals surface area contributed by atoms with Gasteiger partial charge in [-0.1, -0.05) is 145 Å². The zero-order valence-corrected chi connectivity index (χ0v) is 41.4. The van der Waals surface area contributed by atoms with Crippen LogP contribution in [0.2, 0.25) is 0 Å². The first-order chi connectivity index (χ1) is 27.9. The number of rotatable bonds is 26. The summed E-state index contributed by atoms with van der Waals surface area (Å²) in [7, 11) is 0. The highest BCUT2D eigenvalue weighted by molar-refractivity contribution is 5.58. The van der Waals surface area contributed by atoms with Crippen LogP contribution in [-0.2, 0) is 12.8 Å². The smallest absolute Gasteiger partial charge is 0.131 e. The quantitative estimate of drug-likeness (QED) is 0.0947. The fourth-order valence-electron chi connectivity index (χ4n) is 10.2. The van der Waals surface area contributed by atoms with Crippen molar-refractivity contribution in [2.45, 2.75) is 249 Å². The molecule has 0 N–H and O–H groups in total. The van der Waals surface area contributed by atoms with Crippen LogP contribution in [0, 0.1) is 63.2 Å². The molecule has 0 aromatic heterocycles. The van der Waals surface area contributed by atoms with E-state index in [-0.39, 0.29) is 11.2 Å². The summed E-state index contributed by atoms with van der Waals surface area (Å²) in [6.07, 6.45) is 28.2. The normalized spacial score (nSPS) is 21.1. The molecule has 2 aliphatic heterocycles. The van der Waals surface area contributed by atoms with E-state index < -0.39 is 0 Å². The van der Waals surface area contributed by atoms with E-state index in [2.05, 4.69) is 109 Å². The van der Waals surface area contributed by atoms with Crippen molar-refractivity contribution < 1.29 is 14.2 Å². The number of hydrogen-bond acceptors (Lipinski definition) is 3. The maximum Gasteiger partial charge on any atom is 0.131 e. The van der Waals surface area contributed by atoms with Crippen molar-refractivity contribution in [3.05, 3.63) is 45.5 Å². The van der Waals surface area contributed by atoms with E-state index in [1.807, 2.05) is 0 Å². The molecule has 0 bridgehead atoms. The van der Waals surface area contributed by atoms with Gasteiger partial charge in [-0.05, 0) is 174 Å². The average molecular weight is 815 g/mol. The van der Waals surface area contributed by atoms with Crippen molar-refractivity contribution in [2.75, 3.05) is 0 Å². The molecule has 2 heterocycles. The van der Waals surface area contributed by atoms with Gasteiger partial charge in [-0.2, -0.15) is 0 Å². The first-order valence-electron chi connectivity index (χ1n) is 25.2. The van der Waals surface area contributed by atoms with Gasteiger partial charge in [0.1, 0.15) is 34.2 Å². The molecule has 0 radical (unpaired) electrons. The molecule has 2 aliphatic rings. The Bertz CT molecular complexity index is 1450. The minimum atomic E-state index is -0.0959. The van der Waals surface area contributed by atoms with Crippen LogP contribution in [-0.4, -0.2) is 11.2 Å². The van der Waals surface area contributed by atoms with Gasteiger partial charge in [0.25, 0.3) is 0 Å². The second-order valence-corrected chi connectivity index (χ2v) is 22.1. The summed E-state index contributed by atoms with van der Waals surface area (Å²) in [5, 5.41) is 0. The Kier molecular flexibility index (Phi) is 19.6. The van der Waals surface area contributed by atoms with Crippen molar-refractivity contribution in [3.63, 3.8) is 0 Å². The van der Waals surface area contributed by atoms with Crippen LogP contribution >= 0.6 is 0 Å². The second-order valence-electron chi connectivity index (χ2n) is 22.1. The van der Waals surface area contributed by atoms with E-state index in [9.17, 15) is 0 Å². The summed E-state index contributed by atoms with van der Waals surface area (Å²) in [6.45, 7) is 32.8. The predicted octanol–water partition coefficient (Wildman–Crippen LogP) is 17.8. The Morgan fingerprint density at radius 3 is 1.08 bits per heavy atom. The number of ether oxygens (including phenoxy) is 3. The standard InChI is InChI=1S/C56H94O3/c1-39(2)21-15-23-41(5)25-17-27-43(7)29-19-33-55(13)35-31-49-37-51(45(9)47(11)53(49)58-55)57-52-38-50-32-36-56(14,59-54(50)48(12)46(52)10)34-20-30-44(8)28-18-26-42(6)24-16-22-40(3)4/h37-44H,15-36H2,1-14H3/t41?,42?,43?,44?,55-,56-/m1/s1. The number of fused-ring (bicyclic) bond motifs is 2. The third-order valence-corrected chi connectivity index (χ3v) is 15.1. The zero-order valence-electron chi connectivity index (χ0n) is 41.4. The van der Waals surface area contributed by atoms with Crippen LogP contribution in [0.3, 0.4) is 0 Å². The van der Waals surface area contributed by atoms with Crippen LogP contribution in [0.15, 0.2) is 12.1 Å². The molecule has 59 heavy (non-hydrogen) atoms. The van der Waals surface area contributed by atoms with E-state index in [0.717, 1.165) is 97.0 Å². The number of benzene rings is 2. The average Bonchev–Trinajstić information content (AvgIpc) is 3.16. The highest BCUT2D eigenvalue weighted by Crippen LogP contribution is 2.46. The summed E-state index contributed by atoms with van der Waals surface area (Å²) in [5.41, 5.74) is 7.22. The molecule has 0 spiro atoms. The number of hydrogen-bond donors (Lipinski definition) is 0. The summed E-state index contributed by atoms with van der Waals surface area (Å²) in [6, 6.07) is 4.56. The van der Waals surface area contributed by atoms with Gasteiger partial charge in [-0.15, -0.1) is 0 Å². The molecule has 0 amide bonds. The van der Waals surface area contributed by atoms with Crippen molar-refractivity contribution in [1.82, 2.24) is 0 Å². The lowest BCUT2D eigenvalue weighted by atomic mass is 9.85. The lowest BCUT2D eigenvalue weighted by molar-refractivity contribution is 0.0513. The second kappa shape index (κ2) is 23.3. The van der Waals surface area contributed by atoms with E-state index in [1.165, 1.54) is 136 Å². The van der Waals surface area contributed by atoms with Gasteiger partial charge in [-0.25, -0.2) is 0 Å². The van der Waals surface area contributed by atoms with Crippen LogP contribution in [0.1, 0.15) is 231 Å². The summed E-state index contributed by atoms with van der Waals surface area (Å²) in [4.78, 5) is 0. The highest BCUT2D eigenvalue weighted by Gasteiger charge is 2.35. The van der Waals surface area contributed by atoms with Gasteiger partial charge in [0.15, 0.2) is 0 Å². The maximum atomic E-state index is 6.93. The Labute approximate surface area is 366 Å². The molecule has 0 fully saturated rings. The van der Waals surface area contributed by atoms with Gasteiger partial charge in [0, 0.05) is 0 Å². The Balaban J connectivity index is 1.26. The fourth-order valence-corrected chi connectivity index (χ4v) is 10.2. The minimum Gasteiger partial charge on any atom is -0.487 e. The van der Waals surface area contributed by atoms with Crippen LogP contribution < -0.4 is 14.2 Å². The largest absolute Gasteiger partial charge is 0.487 e. The van der Waals surface area contributed by atoms with Gasteiger partial charge in [0.05, 0.1) is 0 Å². The molecule has 4 rings (SSSR count). The van der Waals surface area contributed by atoms with E-state index in [4.69, 9.17) is 14.2 Å². The molecule has 2 aromatic rings. The highest BCUT2D eigenvalue weighted by atomic mass is 16.5. The molecule has 0 saturated carbocycles. The summed E-state index contributed by atoms with van der Waals surface area (Å²) in [5.74, 6) is 9.15. The Hall–Kier alpha value is -2.16. The van der Waals surface area contributed by atoms with Crippen LogP contribution in [0.25, 0.3) is 0 Å². The predicted molar refractivity (Wildman–Crippen MR) is 256 cm³/mol. The van der Waals surface area contributed by atoms with Crippen molar-refractivity contribution in [3.8, 4) is 23.0 Å².